The minimum atomic E-state index is 0.109. The van der Waals surface area contributed by atoms with Gasteiger partial charge in [0.25, 0.3) is 0 Å². The minimum absolute atomic E-state index is 0.109. The van der Waals surface area contributed by atoms with Crippen LogP contribution in [0.5, 0.6) is 0 Å². The maximum Gasteiger partial charge on any atom is 0.159 e. The van der Waals surface area contributed by atoms with Gasteiger partial charge in [0.05, 0.1) is 0 Å². The largest absolute Gasteiger partial charge is 0.159 e. The lowest BCUT2D eigenvalue weighted by atomic mass is 9.70. The fourth-order valence-corrected chi connectivity index (χ4v) is 5.84. The van der Waals surface area contributed by atoms with Crippen molar-refractivity contribution in [2.24, 2.45) is 0 Å². The van der Waals surface area contributed by atoms with Gasteiger partial charge in [-0.25, -0.2) is 0 Å². The molecule has 0 amide bonds. The second-order valence-corrected chi connectivity index (χ2v) is 10.1. The Balaban J connectivity index is 1.92. The molecular formula is C33H45+. The summed E-state index contributed by atoms with van der Waals surface area (Å²) in [5, 5.41) is 0. The number of rotatable bonds is 16. The molecule has 0 radical (unpaired) electrons. The standard InChI is InChI=1S/C33H45/c1-5-9-11-13-15-17-23-33(24-18-16-14-12-10-6-2)31-25-27(7-3)19-21-29(31)30-22-20-28(8-4)26-32(30)33/h3,7-8,19-22,25-26H,4-6,9-18,23-24H2,1-2H3/q+1. The van der Waals surface area contributed by atoms with Crippen LogP contribution < -0.4 is 0 Å². The molecule has 0 heterocycles. The van der Waals surface area contributed by atoms with E-state index in [1.54, 1.807) is 6.08 Å². The molecule has 2 aromatic carbocycles. The lowest BCUT2D eigenvalue weighted by Crippen LogP contribution is -2.25. The van der Waals surface area contributed by atoms with Crippen LogP contribution in [0.25, 0.3) is 23.3 Å². The zero-order chi connectivity index (χ0) is 23.5. The lowest BCUT2D eigenvalue weighted by Gasteiger charge is -2.32. The second-order valence-electron chi connectivity index (χ2n) is 10.1. The van der Waals surface area contributed by atoms with Gasteiger partial charge in [-0.05, 0) is 46.7 Å². The van der Waals surface area contributed by atoms with Crippen LogP contribution in [0.1, 0.15) is 126 Å². The van der Waals surface area contributed by atoms with Gasteiger partial charge in [0.1, 0.15) is 5.56 Å². The van der Waals surface area contributed by atoms with Gasteiger partial charge in [0.2, 0.25) is 0 Å². The van der Waals surface area contributed by atoms with Crippen molar-refractivity contribution in [2.45, 2.75) is 109 Å². The van der Waals surface area contributed by atoms with Crippen molar-refractivity contribution < 1.29 is 0 Å². The van der Waals surface area contributed by atoms with E-state index in [-0.39, 0.29) is 5.41 Å². The van der Waals surface area contributed by atoms with Gasteiger partial charge in [0.15, 0.2) is 6.08 Å². The molecule has 0 fully saturated rings. The normalized spacial score (nSPS) is 13.5. The Kier molecular flexibility index (Phi) is 9.95. The number of unbranched alkanes of at least 4 members (excludes halogenated alkanes) is 10. The van der Waals surface area contributed by atoms with Crippen LogP contribution in [0.3, 0.4) is 0 Å². The summed E-state index contributed by atoms with van der Waals surface area (Å²) in [5.41, 5.74) is 8.38. The molecule has 3 rings (SSSR count). The summed E-state index contributed by atoms with van der Waals surface area (Å²) < 4.78 is 0. The first-order chi connectivity index (χ1) is 16.2. The van der Waals surface area contributed by atoms with Gasteiger partial charge in [0, 0.05) is 24.1 Å². The zero-order valence-corrected chi connectivity index (χ0v) is 21.3. The molecule has 0 saturated carbocycles. The molecule has 176 valence electrons. The fraction of sp³-hybridized carbons (Fsp3) is 0.515. The smallest absolute Gasteiger partial charge is 0.0985 e. The Morgan fingerprint density at radius 2 is 1.12 bits per heavy atom. The summed E-state index contributed by atoms with van der Waals surface area (Å²) in [6.45, 7) is 14.6. The van der Waals surface area contributed by atoms with Gasteiger partial charge >= 0.3 is 0 Å². The topological polar surface area (TPSA) is 0 Å². The van der Waals surface area contributed by atoms with Gasteiger partial charge in [-0.1, -0.05) is 122 Å². The second kappa shape index (κ2) is 12.9. The van der Waals surface area contributed by atoms with E-state index in [4.69, 9.17) is 6.58 Å². The highest BCUT2D eigenvalue weighted by Crippen LogP contribution is 2.54. The van der Waals surface area contributed by atoms with E-state index < -0.39 is 0 Å². The average molecular weight is 442 g/mol. The van der Waals surface area contributed by atoms with Gasteiger partial charge in [-0.3, -0.25) is 0 Å². The number of fused-ring (bicyclic) bond motifs is 3. The van der Waals surface area contributed by atoms with E-state index >= 15 is 0 Å². The van der Waals surface area contributed by atoms with E-state index in [9.17, 15) is 0 Å². The number of benzene rings is 2. The van der Waals surface area contributed by atoms with Crippen molar-refractivity contribution in [1.29, 1.82) is 0 Å². The van der Waals surface area contributed by atoms with E-state index in [2.05, 4.69) is 56.8 Å². The monoisotopic (exact) mass is 441 g/mol. The molecule has 33 heavy (non-hydrogen) atoms. The maximum atomic E-state index is 5.98. The third kappa shape index (κ3) is 6.04. The van der Waals surface area contributed by atoms with Crippen molar-refractivity contribution >= 4 is 12.2 Å². The molecule has 0 heteroatoms. The minimum Gasteiger partial charge on any atom is -0.0985 e. The quantitative estimate of drug-likeness (QED) is 0.179. The summed E-state index contributed by atoms with van der Waals surface area (Å²) in [7, 11) is 0. The van der Waals surface area contributed by atoms with Crippen LogP contribution >= 0.6 is 0 Å². The lowest BCUT2D eigenvalue weighted by molar-refractivity contribution is 0.398. The SMILES string of the molecule is [CH+]=Cc1ccc2c(c1)C(CCCCCCCC)(CCCCCCCC)c1cc(C=C)ccc1-2. The fourth-order valence-electron chi connectivity index (χ4n) is 5.84. The number of hydrogen-bond acceptors (Lipinski definition) is 0. The molecule has 0 aromatic heterocycles. The molecule has 0 atom stereocenters. The van der Waals surface area contributed by atoms with Crippen LogP contribution in [-0.2, 0) is 5.41 Å². The first kappa shape index (κ1) is 25.5. The van der Waals surface area contributed by atoms with E-state index in [1.807, 2.05) is 6.08 Å². The van der Waals surface area contributed by atoms with Crippen molar-refractivity contribution in [3.63, 3.8) is 0 Å². The van der Waals surface area contributed by atoms with Gasteiger partial charge in [-0.15, -0.1) is 0 Å². The van der Waals surface area contributed by atoms with Gasteiger partial charge in [-0.2, -0.15) is 0 Å². The van der Waals surface area contributed by atoms with Crippen LogP contribution in [-0.4, -0.2) is 0 Å². The van der Waals surface area contributed by atoms with Crippen LogP contribution in [0.2, 0.25) is 0 Å². The molecule has 0 bridgehead atoms. The van der Waals surface area contributed by atoms with Crippen LogP contribution in [0.4, 0.5) is 0 Å². The van der Waals surface area contributed by atoms with E-state index in [0.717, 1.165) is 5.56 Å². The third-order valence-corrected chi connectivity index (χ3v) is 7.75. The molecule has 1 aliphatic carbocycles. The first-order valence-electron chi connectivity index (χ1n) is 13.7. The van der Waals surface area contributed by atoms with E-state index in [0.29, 0.717) is 0 Å². The number of hydrogen-bond donors (Lipinski definition) is 0. The highest BCUT2D eigenvalue weighted by Gasteiger charge is 2.43. The molecule has 1 aliphatic rings. The Hall–Kier alpha value is -2.17. The molecule has 0 unspecified atom stereocenters. The predicted molar refractivity (Wildman–Crippen MR) is 147 cm³/mol. The summed E-state index contributed by atoms with van der Waals surface area (Å²) in [5.74, 6) is 0. The molecule has 0 aliphatic heterocycles. The van der Waals surface area contributed by atoms with Crippen molar-refractivity contribution in [3.8, 4) is 11.1 Å². The zero-order valence-electron chi connectivity index (χ0n) is 21.3. The van der Waals surface area contributed by atoms with Gasteiger partial charge < -0.3 is 0 Å². The summed E-state index contributed by atoms with van der Waals surface area (Å²) in [6, 6.07) is 13.9. The Morgan fingerprint density at radius 3 is 1.61 bits per heavy atom. The summed E-state index contributed by atoms with van der Waals surface area (Å²) >= 11 is 0. The Labute approximate surface area is 204 Å². The Bertz CT molecular complexity index is 825. The molecule has 0 N–H and O–H groups in total. The van der Waals surface area contributed by atoms with E-state index in [1.165, 1.54) is 118 Å². The van der Waals surface area contributed by atoms with Crippen LogP contribution in [0.15, 0.2) is 43.0 Å². The van der Waals surface area contributed by atoms with Crippen LogP contribution in [0, 0.1) is 6.58 Å². The highest BCUT2D eigenvalue weighted by molar-refractivity contribution is 5.83. The summed E-state index contributed by atoms with van der Waals surface area (Å²) in [6.07, 6.45) is 22.4. The first-order valence-corrected chi connectivity index (χ1v) is 13.7. The average Bonchev–Trinajstić information content (AvgIpc) is 3.12. The third-order valence-electron chi connectivity index (χ3n) is 7.75. The van der Waals surface area contributed by atoms with Crippen molar-refractivity contribution in [2.75, 3.05) is 0 Å². The molecular weight excluding hydrogens is 396 g/mol. The molecule has 0 spiro atoms. The maximum absolute atomic E-state index is 5.98. The molecule has 2 aromatic rings. The van der Waals surface area contributed by atoms with Crippen molar-refractivity contribution in [3.05, 3.63) is 71.8 Å². The molecule has 0 saturated heterocycles. The highest BCUT2D eigenvalue weighted by atomic mass is 14.4. The summed E-state index contributed by atoms with van der Waals surface area (Å²) in [4.78, 5) is 0. The molecule has 0 nitrogen and oxygen atoms in total. The van der Waals surface area contributed by atoms with Crippen molar-refractivity contribution in [1.82, 2.24) is 0 Å². The Morgan fingerprint density at radius 1 is 0.667 bits per heavy atom. The predicted octanol–water partition coefficient (Wildman–Crippen LogP) is 10.5.